The van der Waals surface area contributed by atoms with Gasteiger partial charge in [-0.3, -0.25) is 5.73 Å². The summed E-state index contributed by atoms with van der Waals surface area (Å²) in [7, 11) is 0. The first-order valence-corrected chi connectivity index (χ1v) is 8.08. The van der Waals surface area contributed by atoms with Crippen molar-refractivity contribution in [2.24, 2.45) is 5.73 Å². The van der Waals surface area contributed by atoms with Crippen LogP contribution < -0.4 is 11.1 Å². The molecule has 124 valence electrons. The molecule has 24 heavy (non-hydrogen) atoms. The lowest BCUT2D eigenvalue weighted by Crippen LogP contribution is -2.46. The highest BCUT2D eigenvalue weighted by atomic mass is 16.3. The van der Waals surface area contributed by atoms with Crippen LogP contribution in [0.25, 0.3) is 0 Å². The van der Waals surface area contributed by atoms with Crippen molar-refractivity contribution in [1.82, 2.24) is 14.8 Å². The van der Waals surface area contributed by atoms with Gasteiger partial charge >= 0.3 is 0 Å². The number of nitrogens with zero attached hydrogens (tertiary/aromatic N) is 3. The second-order valence-corrected chi connectivity index (χ2v) is 6.32. The van der Waals surface area contributed by atoms with E-state index in [1.807, 2.05) is 0 Å². The van der Waals surface area contributed by atoms with E-state index < -0.39 is 11.3 Å². The molecule has 2 aromatic heterocycles. The van der Waals surface area contributed by atoms with Crippen molar-refractivity contribution in [2.75, 3.05) is 5.32 Å². The van der Waals surface area contributed by atoms with Gasteiger partial charge < -0.3 is 14.8 Å². The average molecular weight is 325 g/mol. The summed E-state index contributed by atoms with van der Waals surface area (Å²) in [5.74, 6) is 7.05. The molecule has 4 N–H and O–H groups in total. The van der Waals surface area contributed by atoms with Crippen molar-refractivity contribution >= 4 is 5.95 Å². The minimum Gasteiger partial charge on any atom is -0.465 e. The Morgan fingerprint density at radius 3 is 2.92 bits per heavy atom. The first-order valence-electron chi connectivity index (χ1n) is 8.08. The smallest absolute Gasteiger partial charge is 0.228 e. The highest BCUT2D eigenvalue weighted by Gasteiger charge is 2.37. The Hall–Kier alpha value is -2.56. The molecule has 1 atom stereocenters. The maximum absolute atomic E-state index is 10.6. The van der Waals surface area contributed by atoms with E-state index in [0.29, 0.717) is 30.2 Å². The molecule has 3 heterocycles. The van der Waals surface area contributed by atoms with Crippen LogP contribution in [-0.2, 0) is 5.66 Å². The van der Waals surface area contributed by atoms with Crippen LogP contribution in [-0.4, -0.2) is 25.5 Å². The third-order valence-electron chi connectivity index (χ3n) is 4.54. The number of hydrogen-bond donors (Lipinski definition) is 3. The van der Waals surface area contributed by atoms with Gasteiger partial charge in [-0.25, -0.2) is 0 Å². The van der Waals surface area contributed by atoms with Gasteiger partial charge in [-0.15, -0.1) is 0 Å². The van der Waals surface area contributed by atoms with Gasteiger partial charge in [0.15, 0.2) is 5.66 Å². The summed E-state index contributed by atoms with van der Waals surface area (Å²) in [6, 6.07) is 3.56. The van der Waals surface area contributed by atoms with Crippen LogP contribution >= 0.6 is 0 Å². The van der Waals surface area contributed by atoms with Gasteiger partial charge in [-0.2, -0.15) is 14.8 Å². The predicted molar refractivity (Wildman–Crippen MR) is 87.5 cm³/mol. The van der Waals surface area contributed by atoms with E-state index in [9.17, 15) is 5.11 Å². The first-order chi connectivity index (χ1) is 11.6. The van der Waals surface area contributed by atoms with Crippen LogP contribution in [0, 0.1) is 11.8 Å². The van der Waals surface area contributed by atoms with Gasteiger partial charge in [0.25, 0.3) is 0 Å². The molecule has 0 bridgehead atoms. The number of anilines is 1. The zero-order valence-corrected chi connectivity index (χ0v) is 13.2. The fourth-order valence-electron chi connectivity index (χ4n) is 3.23. The van der Waals surface area contributed by atoms with E-state index in [-0.39, 0.29) is 0 Å². The maximum Gasteiger partial charge on any atom is 0.228 e. The van der Waals surface area contributed by atoms with Gasteiger partial charge in [0.2, 0.25) is 5.95 Å². The Kier molecular flexibility index (Phi) is 3.44. The molecule has 0 spiro atoms. The highest BCUT2D eigenvalue weighted by molar-refractivity contribution is 5.52. The number of hydrogen-bond acceptors (Lipinski definition) is 6. The van der Waals surface area contributed by atoms with E-state index in [4.69, 9.17) is 10.2 Å². The Bertz CT molecular complexity index is 821. The molecule has 1 saturated carbocycles. The molecule has 1 unspecified atom stereocenters. The molecular formula is C17H19N5O2. The zero-order valence-electron chi connectivity index (χ0n) is 13.2. The number of nitrogens with one attached hydrogen (secondary N) is 1. The minimum atomic E-state index is -1.11. The van der Waals surface area contributed by atoms with Crippen LogP contribution in [0.3, 0.4) is 0 Å². The second-order valence-electron chi connectivity index (χ2n) is 6.32. The molecule has 0 saturated heterocycles. The van der Waals surface area contributed by atoms with Crippen LogP contribution in [0.4, 0.5) is 5.95 Å². The average Bonchev–Trinajstić information content (AvgIpc) is 3.26. The highest BCUT2D eigenvalue weighted by Crippen LogP contribution is 2.31. The quantitative estimate of drug-likeness (QED) is 0.687. The van der Waals surface area contributed by atoms with Crippen LogP contribution in [0.5, 0.6) is 0 Å². The second kappa shape index (κ2) is 5.51. The lowest BCUT2D eigenvalue weighted by atomic mass is 9.85. The lowest BCUT2D eigenvalue weighted by molar-refractivity contribution is 0.0610. The van der Waals surface area contributed by atoms with Crippen LogP contribution in [0.15, 0.2) is 40.9 Å². The Morgan fingerprint density at radius 2 is 2.17 bits per heavy atom. The molecule has 0 aromatic carbocycles. The molecule has 7 nitrogen and oxygen atoms in total. The number of allylic oxidation sites excluding steroid dienone is 1. The number of aliphatic hydroxyl groups is 1. The Morgan fingerprint density at radius 1 is 1.33 bits per heavy atom. The van der Waals surface area contributed by atoms with E-state index in [1.54, 1.807) is 29.2 Å². The minimum absolute atomic E-state index is 0.483. The fraction of sp³-hybridized carbons (Fsp3) is 0.412. The number of fused-ring (bicyclic) bond motifs is 1. The molecule has 1 aliphatic carbocycles. The summed E-state index contributed by atoms with van der Waals surface area (Å²) in [6.45, 7) is 0. The van der Waals surface area contributed by atoms with Gasteiger partial charge in [-0.1, -0.05) is 12.3 Å². The Balaban J connectivity index is 1.71. The lowest BCUT2D eigenvalue weighted by Gasteiger charge is -2.30. The van der Waals surface area contributed by atoms with Crippen molar-refractivity contribution in [3.05, 3.63) is 42.3 Å². The van der Waals surface area contributed by atoms with Gasteiger partial charge in [0.1, 0.15) is 17.7 Å². The topological polar surface area (TPSA) is 102 Å². The van der Waals surface area contributed by atoms with Crippen molar-refractivity contribution in [3.8, 4) is 11.8 Å². The summed E-state index contributed by atoms with van der Waals surface area (Å²) in [5, 5.41) is 17.8. The molecule has 0 amide bonds. The van der Waals surface area contributed by atoms with Crippen molar-refractivity contribution in [3.63, 3.8) is 0 Å². The van der Waals surface area contributed by atoms with Gasteiger partial charge in [-0.05, 0) is 49.8 Å². The van der Waals surface area contributed by atoms with Crippen molar-refractivity contribution in [1.29, 1.82) is 0 Å². The van der Waals surface area contributed by atoms with Crippen LogP contribution in [0.1, 0.15) is 37.9 Å². The molecular weight excluding hydrogens is 306 g/mol. The zero-order chi connectivity index (χ0) is 16.6. The standard InChI is InChI=1S/C17H19N5O2/c18-17(14-5-4-10-24-14)11-13(21-15-19-12-20-22(15)17)6-9-16(23)7-2-1-3-8-16/h4-5,10-12,23H,1-3,7-8,18H2,(H,19,20,21). The van der Waals surface area contributed by atoms with E-state index in [1.165, 1.54) is 6.33 Å². The van der Waals surface area contributed by atoms with Crippen LogP contribution in [0.2, 0.25) is 0 Å². The van der Waals surface area contributed by atoms with Crippen molar-refractivity contribution in [2.45, 2.75) is 43.4 Å². The molecule has 2 aromatic rings. The number of aromatic nitrogens is 3. The Labute approximate surface area is 139 Å². The predicted octanol–water partition coefficient (Wildman–Crippen LogP) is 1.54. The largest absolute Gasteiger partial charge is 0.465 e. The van der Waals surface area contributed by atoms with E-state index >= 15 is 0 Å². The summed E-state index contributed by atoms with van der Waals surface area (Å²) in [5.41, 5.74) is 5.08. The number of furan rings is 1. The fourth-order valence-corrected chi connectivity index (χ4v) is 3.23. The third-order valence-corrected chi connectivity index (χ3v) is 4.54. The van der Waals surface area contributed by atoms with E-state index in [2.05, 4.69) is 27.2 Å². The normalized spacial score (nSPS) is 25.0. The molecule has 1 fully saturated rings. The molecule has 7 heteroatoms. The molecule has 2 aliphatic rings. The summed E-state index contributed by atoms with van der Waals surface area (Å²) < 4.78 is 7.03. The van der Waals surface area contributed by atoms with E-state index in [0.717, 1.165) is 19.3 Å². The summed E-state index contributed by atoms with van der Waals surface area (Å²) in [6.07, 6.45) is 9.28. The van der Waals surface area contributed by atoms with Crippen molar-refractivity contribution < 1.29 is 9.52 Å². The third kappa shape index (κ3) is 2.50. The maximum atomic E-state index is 10.6. The molecule has 4 rings (SSSR count). The monoisotopic (exact) mass is 325 g/mol. The summed E-state index contributed by atoms with van der Waals surface area (Å²) >= 11 is 0. The van der Waals surface area contributed by atoms with Gasteiger partial charge in [0, 0.05) is 0 Å². The van der Waals surface area contributed by atoms with Gasteiger partial charge in [0.05, 0.1) is 12.0 Å². The molecule has 0 radical (unpaired) electrons. The molecule has 1 aliphatic heterocycles. The number of nitrogens with two attached hydrogens (primary N) is 1. The SMILES string of the molecule is NC1(c2ccco2)C=C(C#CC2(O)CCCCC2)Nc2ncnn21. The summed E-state index contributed by atoms with van der Waals surface area (Å²) in [4.78, 5) is 4.17. The first kappa shape index (κ1) is 15.0. The number of rotatable bonds is 1.